The number of benzene rings is 1. The van der Waals surface area contributed by atoms with Gasteiger partial charge in [0.2, 0.25) is 0 Å². The zero-order valence-corrected chi connectivity index (χ0v) is 12.8. The van der Waals surface area contributed by atoms with Gasteiger partial charge in [-0.05, 0) is 57.0 Å². The lowest BCUT2D eigenvalue weighted by Gasteiger charge is -2.20. The standard InChI is InChI=1S/C17H22FNO/c1-6-19-17(14-7-8-15(18)10(2)9-14)16-11(3)12(4)20-13(16)5/h7-9,17,19H,6H2,1-5H3. The second-order valence-electron chi connectivity index (χ2n) is 5.25. The van der Waals surface area contributed by atoms with Gasteiger partial charge in [0.05, 0.1) is 6.04 Å². The topological polar surface area (TPSA) is 25.2 Å². The van der Waals surface area contributed by atoms with E-state index in [-0.39, 0.29) is 11.9 Å². The number of aryl methyl sites for hydroxylation is 3. The predicted molar refractivity (Wildman–Crippen MR) is 79.6 cm³/mol. The molecule has 20 heavy (non-hydrogen) atoms. The van der Waals surface area contributed by atoms with Crippen LogP contribution in [0.2, 0.25) is 0 Å². The molecular formula is C17H22FNO. The lowest BCUT2D eigenvalue weighted by atomic mass is 9.94. The van der Waals surface area contributed by atoms with Crippen LogP contribution in [0.3, 0.4) is 0 Å². The summed E-state index contributed by atoms with van der Waals surface area (Å²) >= 11 is 0. The highest BCUT2D eigenvalue weighted by Crippen LogP contribution is 2.32. The van der Waals surface area contributed by atoms with Crippen LogP contribution in [0.15, 0.2) is 22.6 Å². The minimum Gasteiger partial charge on any atom is -0.466 e. The molecule has 1 aromatic heterocycles. The Kier molecular flexibility index (Phi) is 4.29. The first-order chi connectivity index (χ1) is 9.45. The number of nitrogens with one attached hydrogen (secondary N) is 1. The third kappa shape index (κ3) is 2.63. The summed E-state index contributed by atoms with van der Waals surface area (Å²) in [4.78, 5) is 0. The first-order valence-corrected chi connectivity index (χ1v) is 7.01. The predicted octanol–water partition coefficient (Wildman–Crippen LogP) is 4.35. The fourth-order valence-corrected chi connectivity index (χ4v) is 2.67. The van der Waals surface area contributed by atoms with Crippen molar-refractivity contribution in [2.75, 3.05) is 6.54 Å². The van der Waals surface area contributed by atoms with E-state index >= 15 is 0 Å². The third-order valence-electron chi connectivity index (χ3n) is 3.83. The maximum atomic E-state index is 13.5. The van der Waals surface area contributed by atoms with Gasteiger partial charge in [-0.1, -0.05) is 19.1 Å². The molecule has 1 heterocycles. The van der Waals surface area contributed by atoms with Gasteiger partial charge in [0.25, 0.3) is 0 Å². The summed E-state index contributed by atoms with van der Waals surface area (Å²) in [5.74, 6) is 1.70. The van der Waals surface area contributed by atoms with Crippen molar-refractivity contribution in [2.24, 2.45) is 0 Å². The van der Waals surface area contributed by atoms with Crippen LogP contribution in [0.1, 0.15) is 46.7 Å². The smallest absolute Gasteiger partial charge is 0.126 e. The molecule has 0 aliphatic carbocycles. The molecule has 0 aliphatic rings. The minimum absolute atomic E-state index is 0.0387. The largest absolute Gasteiger partial charge is 0.466 e. The van der Waals surface area contributed by atoms with E-state index in [9.17, 15) is 4.39 Å². The summed E-state index contributed by atoms with van der Waals surface area (Å²) < 4.78 is 19.2. The van der Waals surface area contributed by atoms with Crippen molar-refractivity contribution >= 4 is 0 Å². The molecule has 0 spiro atoms. The number of rotatable bonds is 4. The normalized spacial score (nSPS) is 12.7. The Morgan fingerprint density at radius 2 is 1.85 bits per heavy atom. The first kappa shape index (κ1) is 14.8. The van der Waals surface area contributed by atoms with Crippen molar-refractivity contribution in [1.82, 2.24) is 5.32 Å². The van der Waals surface area contributed by atoms with Crippen LogP contribution in [0.4, 0.5) is 4.39 Å². The first-order valence-electron chi connectivity index (χ1n) is 7.01. The maximum Gasteiger partial charge on any atom is 0.126 e. The Bertz CT molecular complexity index is 616. The Morgan fingerprint density at radius 3 is 2.35 bits per heavy atom. The van der Waals surface area contributed by atoms with Crippen LogP contribution >= 0.6 is 0 Å². The summed E-state index contributed by atoms with van der Waals surface area (Å²) in [6.07, 6.45) is 0. The highest BCUT2D eigenvalue weighted by atomic mass is 19.1. The molecule has 0 amide bonds. The Hall–Kier alpha value is -1.61. The van der Waals surface area contributed by atoms with E-state index in [1.165, 1.54) is 6.07 Å². The lowest BCUT2D eigenvalue weighted by molar-refractivity contribution is 0.494. The van der Waals surface area contributed by atoms with Gasteiger partial charge in [-0.15, -0.1) is 0 Å². The van der Waals surface area contributed by atoms with E-state index < -0.39 is 0 Å². The van der Waals surface area contributed by atoms with E-state index in [2.05, 4.69) is 19.2 Å². The third-order valence-corrected chi connectivity index (χ3v) is 3.83. The van der Waals surface area contributed by atoms with Gasteiger partial charge in [-0.25, -0.2) is 4.39 Å². The van der Waals surface area contributed by atoms with Gasteiger partial charge < -0.3 is 9.73 Å². The van der Waals surface area contributed by atoms with Crippen LogP contribution < -0.4 is 5.32 Å². The highest BCUT2D eigenvalue weighted by Gasteiger charge is 2.22. The summed E-state index contributed by atoms with van der Waals surface area (Å²) in [7, 11) is 0. The van der Waals surface area contributed by atoms with E-state index in [0.717, 1.165) is 34.8 Å². The second kappa shape index (κ2) is 5.80. The van der Waals surface area contributed by atoms with Crippen molar-refractivity contribution in [3.63, 3.8) is 0 Å². The number of hydrogen-bond donors (Lipinski definition) is 1. The van der Waals surface area contributed by atoms with Gasteiger partial charge in [-0.3, -0.25) is 0 Å². The molecule has 0 aliphatic heterocycles. The van der Waals surface area contributed by atoms with Gasteiger partial charge in [0, 0.05) is 5.56 Å². The lowest BCUT2D eigenvalue weighted by Crippen LogP contribution is -2.23. The fraction of sp³-hybridized carbons (Fsp3) is 0.412. The minimum atomic E-state index is -0.166. The van der Waals surface area contributed by atoms with Crippen LogP contribution in [0.5, 0.6) is 0 Å². The molecule has 2 rings (SSSR count). The van der Waals surface area contributed by atoms with Crippen molar-refractivity contribution in [2.45, 2.75) is 40.7 Å². The molecule has 108 valence electrons. The molecule has 0 bridgehead atoms. The molecule has 1 N–H and O–H groups in total. The zero-order valence-electron chi connectivity index (χ0n) is 12.8. The summed E-state index contributed by atoms with van der Waals surface area (Å²) in [6, 6.07) is 5.32. The molecule has 0 saturated heterocycles. The summed E-state index contributed by atoms with van der Waals surface area (Å²) in [5.41, 5.74) is 4.06. The van der Waals surface area contributed by atoms with E-state index in [4.69, 9.17) is 4.42 Å². The molecule has 3 heteroatoms. The molecule has 1 atom stereocenters. The van der Waals surface area contributed by atoms with Crippen LogP contribution in [-0.4, -0.2) is 6.54 Å². The van der Waals surface area contributed by atoms with Gasteiger partial charge in [-0.2, -0.15) is 0 Å². The van der Waals surface area contributed by atoms with Crippen molar-refractivity contribution in [3.05, 3.63) is 57.8 Å². The van der Waals surface area contributed by atoms with Crippen LogP contribution in [0, 0.1) is 33.5 Å². The average molecular weight is 275 g/mol. The number of halogens is 1. The van der Waals surface area contributed by atoms with E-state index in [1.807, 2.05) is 26.0 Å². The van der Waals surface area contributed by atoms with Crippen LogP contribution in [-0.2, 0) is 0 Å². The van der Waals surface area contributed by atoms with Crippen molar-refractivity contribution in [1.29, 1.82) is 0 Å². The average Bonchev–Trinajstić information content (AvgIpc) is 2.65. The Labute approximate surface area is 120 Å². The van der Waals surface area contributed by atoms with Gasteiger partial charge >= 0.3 is 0 Å². The maximum absolute atomic E-state index is 13.5. The molecule has 0 saturated carbocycles. The van der Waals surface area contributed by atoms with E-state index in [1.54, 1.807) is 6.92 Å². The molecular weight excluding hydrogens is 253 g/mol. The molecule has 1 aromatic carbocycles. The number of hydrogen-bond acceptors (Lipinski definition) is 2. The van der Waals surface area contributed by atoms with Crippen molar-refractivity contribution in [3.8, 4) is 0 Å². The second-order valence-corrected chi connectivity index (χ2v) is 5.25. The monoisotopic (exact) mass is 275 g/mol. The number of furan rings is 1. The van der Waals surface area contributed by atoms with Gasteiger partial charge in [0.15, 0.2) is 0 Å². The fourth-order valence-electron chi connectivity index (χ4n) is 2.67. The van der Waals surface area contributed by atoms with E-state index in [0.29, 0.717) is 5.56 Å². The van der Waals surface area contributed by atoms with Crippen LogP contribution in [0.25, 0.3) is 0 Å². The summed E-state index contributed by atoms with van der Waals surface area (Å²) in [5, 5.41) is 3.47. The molecule has 0 radical (unpaired) electrons. The molecule has 1 unspecified atom stereocenters. The van der Waals surface area contributed by atoms with Crippen molar-refractivity contribution < 1.29 is 8.81 Å². The Balaban J connectivity index is 2.53. The Morgan fingerprint density at radius 1 is 1.15 bits per heavy atom. The highest BCUT2D eigenvalue weighted by molar-refractivity contribution is 5.41. The quantitative estimate of drug-likeness (QED) is 0.897. The van der Waals surface area contributed by atoms with Gasteiger partial charge in [0.1, 0.15) is 17.3 Å². The molecule has 2 nitrogen and oxygen atoms in total. The zero-order chi connectivity index (χ0) is 14.9. The molecule has 2 aromatic rings. The SMILES string of the molecule is CCNC(c1ccc(F)c(C)c1)c1c(C)oc(C)c1C. The molecule has 0 fully saturated rings. The summed E-state index contributed by atoms with van der Waals surface area (Å²) in [6.45, 7) is 10.7.